The number of amides is 1. The van der Waals surface area contributed by atoms with E-state index in [2.05, 4.69) is 20.6 Å². The van der Waals surface area contributed by atoms with Crippen molar-refractivity contribution in [2.75, 3.05) is 19.0 Å². The van der Waals surface area contributed by atoms with Crippen LogP contribution in [0.5, 0.6) is 5.75 Å². The molecule has 6 nitrogen and oxygen atoms in total. The van der Waals surface area contributed by atoms with Crippen LogP contribution >= 0.6 is 0 Å². The quantitative estimate of drug-likeness (QED) is 0.634. The van der Waals surface area contributed by atoms with Crippen molar-refractivity contribution in [2.45, 2.75) is 27.2 Å². The van der Waals surface area contributed by atoms with Gasteiger partial charge in [-0.25, -0.2) is 9.97 Å². The number of hydrogen-bond donors (Lipinski definition) is 2. The van der Waals surface area contributed by atoms with Gasteiger partial charge in [0.15, 0.2) is 0 Å². The van der Waals surface area contributed by atoms with Crippen LogP contribution in [0.3, 0.4) is 0 Å². The summed E-state index contributed by atoms with van der Waals surface area (Å²) in [5.74, 6) is 1.73. The minimum Gasteiger partial charge on any atom is -0.496 e. The Morgan fingerprint density at radius 1 is 1.00 bits per heavy atom. The van der Waals surface area contributed by atoms with Crippen molar-refractivity contribution in [3.8, 4) is 5.75 Å². The fourth-order valence-corrected chi connectivity index (χ4v) is 3.20. The number of methoxy groups -OCH3 is 1. The van der Waals surface area contributed by atoms with Crippen molar-refractivity contribution in [1.82, 2.24) is 15.3 Å². The number of carbonyl (C=O) groups excluding carboxylic acids is 1. The van der Waals surface area contributed by atoms with Gasteiger partial charge in [0.2, 0.25) is 0 Å². The van der Waals surface area contributed by atoms with Crippen LogP contribution in [0.25, 0.3) is 0 Å². The first-order valence-corrected chi connectivity index (χ1v) is 9.57. The van der Waals surface area contributed by atoms with E-state index in [1.54, 1.807) is 20.1 Å². The molecule has 1 heterocycles. The smallest absolute Gasteiger partial charge is 0.270 e. The molecule has 0 saturated carbocycles. The van der Waals surface area contributed by atoms with Gasteiger partial charge in [0.05, 0.1) is 7.11 Å². The molecule has 0 aliphatic carbocycles. The monoisotopic (exact) mass is 390 g/mol. The van der Waals surface area contributed by atoms with Crippen LogP contribution < -0.4 is 15.4 Å². The second kappa shape index (κ2) is 9.19. The molecule has 3 aromatic rings. The maximum Gasteiger partial charge on any atom is 0.270 e. The topological polar surface area (TPSA) is 76.1 Å². The van der Waals surface area contributed by atoms with Crippen LogP contribution in [0, 0.1) is 20.8 Å². The Bertz CT molecular complexity index is 997. The van der Waals surface area contributed by atoms with Crippen LogP contribution in [0.1, 0.15) is 33.0 Å². The second-order valence-electron chi connectivity index (χ2n) is 6.90. The highest BCUT2D eigenvalue weighted by atomic mass is 16.5. The number of aryl methyl sites for hydroxylation is 3. The highest BCUT2D eigenvalue weighted by Gasteiger charge is 2.12. The summed E-state index contributed by atoms with van der Waals surface area (Å²) in [7, 11) is 1.64. The Labute approximate surface area is 171 Å². The molecular weight excluding hydrogens is 364 g/mol. The molecule has 0 aliphatic heterocycles. The maximum absolute atomic E-state index is 12.6. The van der Waals surface area contributed by atoms with Gasteiger partial charge in [-0.2, -0.15) is 0 Å². The lowest BCUT2D eigenvalue weighted by Crippen LogP contribution is -2.27. The average molecular weight is 390 g/mol. The van der Waals surface area contributed by atoms with Gasteiger partial charge in [0.1, 0.15) is 23.1 Å². The first-order chi connectivity index (χ1) is 14.0. The molecule has 1 aromatic heterocycles. The molecule has 2 aromatic carbocycles. The van der Waals surface area contributed by atoms with Gasteiger partial charge in [0, 0.05) is 18.3 Å². The average Bonchev–Trinajstić information content (AvgIpc) is 2.70. The Morgan fingerprint density at radius 2 is 1.72 bits per heavy atom. The number of rotatable bonds is 7. The summed E-state index contributed by atoms with van der Waals surface area (Å²) in [4.78, 5) is 21.3. The van der Waals surface area contributed by atoms with Crippen molar-refractivity contribution in [1.29, 1.82) is 0 Å². The first-order valence-electron chi connectivity index (χ1n) is 9.57. The SMILES string of the molecule is COc1ccccc1CCNC(=O)c1cc(Nc2c(C)cccc2C)nc(C)n1. The number of benzene rings is 2. The van der Waals surface area contributed by atoms with E-state index in [4.69, 9.17) is 4.74 Å². The van der Waals surface area contributed by atoms with Crippen LogP contribution in [0.15, 0.2) is 48.5 Å². The molecule has 0 atom stereocenters. The number of carbonyl (C=O) groups is 1. The molecule has 29 heavy (non-hydrogen) atoms. The largest absolute Gasteiger partial charge is 0.496 e. The van der Waals surface area contributed by atoms with Crippen LogP contribution in [-0.4, -0.2) is 29.5 Å². The molecule has 0 fully saturated rings. The standard InChI is InChI=1S/C23H26N4O2/c1-15-8-7-9-16(2)22(15)27-21-14-19(25-17(3)26-21)23(28)24-13-12-18-10-5-6-11-20(18)29-4/h5-11,14H,12-13H2,1-4H3,(H,24,28)(H,25,26,27). The molecule has 0 saturated heterocycles. The highest BCUT2D eigenvalue weighted by molar-refractivity contribution is 5.93. The van der Waals surface area contributed by atoms with Crippen molar-refractivity contribution in [3.05, 3.63) is 76.7 Å². The van der Waals surface area contributed by atoms with Gasteiger partial charge in [-0.15, -0.1) is 0 Å². The summed E-state index contributed by atoms with van der Waals surface area (Å²) in [6, 6.07) is 15.6. The van der Waals surface area contributed by atoms with Crippen LogP contribution in [0.4, 0.5) is 11.5 Å². The van der Waals surface area contributed by atoms with E-state index in [1.807, 2.05) is 56.3 Å². The summed E-state index contributed by atoms with van der Waals surface area (Å²) >= 11 is 0. The lowest BCUT2D eigenvalue weighted by atomic mass is 10.1. The minimum atomic E-state index is -0.227. The van der Waals surface area contributed by atoms with E-state index < -0.39 is 0 Å². The molecule has 150 valence electrons. The van der Waals surface area contributed by atoms with Crippen molar-refractivity contribution >= 4 is 17.4 Å². The molecule has 3 rings (SSSR count). The molecule has 1 amide bonds. The Morgan fingerprint density at radius 3 is 2.45 bits per heavy atom. The zero-order valence-electron chi connectivity index (χ0n) is 17.2. The van der Waals surface area contributed by atoms with E-state index in [0.717, 1.165) is 28.1 Å². The zero-order chi connectivity index (χ0) is 20.8. The second-order valence-corrected chi connectivity index (χ2v) is 6.90. The van der Waals surface area contributed by atoms with Gasteiger partial charge in [-0.05, 0) is 49.9 Å². The van der Waals surface area contributed by atoms with Gasteiger partial charge in [-0.1, -0.05) is 36.4 Å². The molecule has 0 spiro atoms. The van der Waals surface area contributed by atoms with Crippen LogP contribution in [-0.2, 0) is 6.42 Å². The lowest BCUT2D eigenvalue weighted by Gasteiger charge is -2.13. The first kappa shape index (κ1) is 20.3. The number of hydrogen-bond acceptors (Lipinski definition) is 5. The minimum absolute atomic E-state index is 0.227. The Kier molecular flexibility index (Phi) is 6.44. The number of para-hydroxylation sites is 2. The van der Waals surface area contributed by atoms with Gasteiger partial charge in [0.25, 0.3) is 5.91 Å². The molecule has 0 radical (unpaired) electrons. The highest BCUT2D eigenvalue weighted by Crippen LogP contribution is 2.23. The van der Waals surface area contributed by atoms with Gasteiger partial charge >= 0.3 is 0 Å². The van der Waals surface area contributed by atoms with E-state index in [9.17, 15) is 4.79 Å². The van der Waals surface area contributed by atoms with E-state index in [1.165, 1.54) is 0 Å². The Hall–Kier alpha value is -3.41. The van der Waals surface area contributed by atoms with E-state index in [0.29, 0.717) is 30.3 Å². The third-order valence-corrected chi connectivity index (χ3v) is 4.68. The molecule has 6 heteroatoms. The molecule has 2 N–H and O–H groups in total. The van der Waals surface area contributed by atoms with E-state index >= 15 is 0 Å². The molecular formula is C23H26N4O2. The van der Waals surface area contributed by atoms with Crippen molar-refractivity contribution < 1.29 is 9.53 Å². The number of ether oxygens (including phenoxy) is 1. The van der Waals surface area contributed by atoms with Crippen LogP contribution in [0.2, 0.25) is 0 Å². The van der Waals surface area contributed by atoms with Crippen molar-refractivity contribution in [2.24, 2.45) is 0 Å². The normalized spacial score (nSPS) is 10.5. The maximum atomic E-state index is 12.6. The third-order valence-electron chi connectivity index (χ3n) is 4.68. The summed E-state index contributed by atoms with van der Waals surface area (Å²) in [5, 5.41) is 6.25. The molecule has 0 bridgehead atoms. The number of nitrogens with one attached hydrogen (secondary N) is 2. The fourth-order valence-electron chi connectivity index (χ4n) is 3.20. The lowest BCUT2D eigenvalue weighted by molar-refractivity contribution is 0.0948. The predicted molar refractivity (Wildman–Crippen MR) is 115 cm³/mol. The summed E-state index contributed by atoms with van der Waals surface area (Å²) < 4.78 is 5.35. The number of nitrogens with zero attached hydrogens (tertiary/aromatic N) is 2. The molecule has 0 aliphatic rings. The third kappa shape index (κ3) is 5.10. The fraction of sp³-hybridized carbons (Fsp3) is 0.261. The summed E-state index contributed by atoms with van der Waals surface area (Å²) in [6.07, 6.45) is 0.674. The number of aromatic nitrogens is 2. The van der Waals surface area contributed by atoms with E-state index in [-0.39, 0.29) is 5.91 Å². The van der Waals surface area contributed by atoms with Gasteiger partial charge < -0.3 is 15.4 Å². The molecule has 0 unspecified atom stereocenters. The predicted octanol–water partition coefficient (Wildman–Crippen LogP) is 4.13. The van der Waals surface area contributed by atoms with Crippen molar-refractivity contribution in [3.63, 3.8) is 0 Å². The van der Waals surface area contributed by atoms with Gasteiger partial charge in [-0.3, -0.25) is 4.79 Å². The Balaban J connectivity index is 1.69. The zero-order valence-corrected chi connectivity index (χ0v) is 17.2. The summed E-state index contributed by atoms with van der Waals surface area (Å²) in [6.45, 7) is 6.34. The number of anilines is 2. The summed E-state index contributed by atoms with van der Waals surface area (Å²) in [5.41, 5.74) is 4.61.